The molecule has 1 aromatic carbocycles. The minimum absolute atomic E-state index is 0.611. The minimum Gasteiger partial charge on any atom is -0.342 e. The molecule has 0 fully saturated rings. The zero-order chi connectivity index (χ0) is 13.4. The number of benzene rings is 1. The van der Waals surface area contributed by atoms with Gasteiger partial charge in [-0.2, -0.15) is 0 Å². The van der Waals surface area contributed by atoms with E-state index in [2.05, 4.69) is 48.2 Å². The van der Waals surface area contributed by atoms with Gasteiger partial charge in [0.05, 0.1) is 0 Å². The Labute approximate surface area is 115 Å². The first-order valence-electron chi connectivity index (χ1n) is 7.19. The molecule has 0 radical (unpaired) electrons. The second-order valence-corrected chi connectivity index (χ2v) is 5.43. The fraction of sp³-hybridized carbons (Fsp3) is 0.412. The fourth-order valence-electron chi connectivity index (χ4n) is 3.63. The maximum absolute atomic E-state index is 3.67. The van der Waals surface area contributed by atoms with Gasteiger partial charge in [-0.25, -0.2) is 0 Å². The van der Waals surface area contributed by atoms with Crippen molar-refractivity contribution < 1.29 is 0 Å². The Kier molecular flexibility index (Phi) is 3.19. The second-order valence-electron chi connectivity index (χ2n) is 5.43. The maximum Gasteiger partial charge on any atom is 0.0486 e. The molecule has 0 spiro atoms. The van der Waals surface area contributed by atoms with Crippen LogP contribution in [-0.4, -0.2) is 11.1 Å². The van der Waals surface area contributed by atoms with Gasteiger partial charge in [0, 0.05) is 35.7 Å². The lowest BCUT2D eigenvalue weighted by molar-refractivity contribution is 0.384. The summed E-state index contributed by atoms with van der Waals surface area (Å²) in [6.45, 7) is 10.4. The van der Waals surface area contributed by atoms with Crippen LogP contribution < -0.4 is 5.32 Å². The monoisotopic (exact) mass is 254 g/mol. The van der Waals surface area contributed by atoms with E-state index < -0.39 is 0 Å². The van der Waals surface area contributed by atoms with Crippen molar-refractivity contribution >= 4 is 10.9 Å². The molecule has 1 atom stereocenters. The second kappa shape index (κ2) is 4.86. The van der Waals surface area contributed by atoms with E-state index in [1.807, 2.05) is 0 Å². The maximum atomic E-state index is 3.67. The molecule has 0 saturated heterocycles. The van der Waals surface area contributed by atoms with Gasteiger partial charge in [-0.3, -0.25) is 0 Å². The molecule has 2 nitrogen and oxygen atoms in total. The Morgan fingerprint density at radius 3 is 3.00 bits per heavy atom. The molecule has 2 aromatic rings. The van der Waals surface area contributed by atoms with Crippen LogP contribution in [0.3, 0.4) is 0 Å². The Bertz CT molecular complexity index is 607. The molecule has 0 saturated carbocycles. The molecule has 1 N–H and O–H groups in total. The number of rotatable bonds is 0. The standard InChI is InChI=1S/C15H18N2.C2H4/c1-10-5-6-14-12(9-10)11-3-2-4-13-15(11)17(14)8-7-16-13;1-2/h5-6,9,13,16H,2-4,7-8H2,1H3;1-2H2. The van der Waals surface area contributed by atoms with Crippen LogP contribution >= 0.6 is 0 Å². The van der Waals surface area contributed by atoms with Crippen LogP contribution in [0.15, 0.2) is 31.4 Å². The SMILES string of the molecule is C=C.Cc1ccc2c(c1)c1c3n2CCNC3CCC1. The van der Waals surface area contributed by atoms with Crippen LogP contribution in [-0.2, 0) is 13.0 Å². The summed E-state index contributed by atoms with van der Waals surface area (Å²) in [6, 6.07) is 7.54. The summed E-state index contributed by atoms with van der Waals surface area (Å²) in [5.74, 6) is 0. The largest absolute Gasteiger partial charge is 0.342 e. The highest BCUT2D eigenvalue weighted by molar-refractivity contribution is 5.87. The van der Waals surface area contributed by atoms with Crippen molar-refractivity contribution in [1.82, 2.24) is 9.88 Å². The molecular weight excluding hydrogens is 232 g/mol. The summed E-state index contributed by atoms with van der Waals surface area (Å²) in [5, 5.41) is 5.18. The topological polar surface area (TPSA) is 17.0 Å². The van der Waals surface area contributed by atoms with Crippen LogP contribution in [0.2, 0.25) is 0 Å². The molecule has 1 aromatic heterocycles. The molecule has 19 heavy (non-hydrogen) atoms. The van der Waals surface area contributed by atoms with E-state index in [1.165, 1.54) is 35.7 Å². The van der Waals surface area contributed by atoms with Crippen molar-refractivity contribution in [1.29, 1.82) is 0 Å². The first kappa shape index (κ1) is 12.5. The number of hydrogen-bond donors (Lipinski definition) is 1. The van der Waals surface area contributed by atoms with E-state index >= 15 is 0 Å². The van der Waals surface area contributed by atoms with Crippen molar-refractivity contribution in [3.05, 3.63) is 48.2 Å². The molecule has 2 heteroatoms. The van der Waals surface area contributed by atoms with Crippen molar-refractivity contribution in [3.8, 4) is 0 Å². The molecule has 100 valence electrons. The molecule has 1 aliphatic carbocycles. The zero-order valence-corrected chi connectivity index (χ0v) is 11.7. The van der Waals surface area contributed by atoms with E-state index in [-0.39, 0.29) is 0 Å². The highest BCUT2D eigenvalue weighted by Gasteiger charge is 2.29. The number of aromatic nitrogens is 1. The molecule has 2 heterocycles. The average Bonchev–Trinajstić information content (AvgIpc) is 2.78. The van der Waals surface area contributed by atoms with Crippen LogP contribution in [0, 0.1) is 6.92 Å². The summed E-state index contributed by atoms with van der Waals surface area (Å²) in [4.78, 5) is 0. The summed E-state index contributed by atoms with van der Waals surface area (Å²) in [5.41, 5.74) is 6.04. The third-order valence-corrected chi connectivity index (χ3v) is 4.34. The molecule has 4 rings (SSSR count). The van der Waals surface area contributed by atoms with Gasteiger partial charge in [0.1, 0.15) is 0 Å². The fourth-order valence-corrected chi connectivity index (χ4v) is 3.63. The Morgan fingerprint density at radius 2 is 2.16 bits per heavy atom. The molecular formula is C17H22N2. The Balaban J connectivity index is 0.000000528. The van der Waals surface area contributed by atoms with Crippen molar-refractivity contribution in [2.24, 2.45) is 0 Å². The van der Waals surface area contributed by atoms with Crippen LogP contribution in [0.1, 0.15) is 35.7 Å². The van der Waals surface area contributed by atoms with Crippen molar-refractivity contribution in [3.63, 3.8) is 0 Å². The molecule has 0 bridgehead atoms. The summed E-state index contributed by atoms with van der Waals surface area (Å²) in [7, 11) is 0. The first-order chi connectivity index (χ1) is 9.34. The zero-order valence-electron chi connectivity index (χ0n) is 11.7. The number of fused-ring (bicyclic) bond motifs is 3. The van der Waals surface area contributed by atoms with Gasteiger partial charge in [0.2, 0.25) is 0 Å². The molecule has 0 amide bonds. The Morgan fingerprint density at radius 1 is 1.32 bits per heavy atom. The predicted octanol–water partition coefficient (Wildman–Crippen LogP) is 3.73. The summed E-state index contributed by atoms with van der Waals surface area (Å²) in [6.07, 6.45) is 3.90. The van der Waals surface area contributed by atoms with Gasteiger partial charge in [-0.1, -0.05) is 11.6 Å². The number of nitrogens with one attached hydrogen (secondary N) is 1. The lowest BCUT2D eigenvalue weighted by atomic mass is 9.90. The lowest BCUT2D eigenvalue weighted by Gasteiger charge is -2.31. The minimum atomic E-state index is 0.611. The summed E-state index contributed by atoms with van der Waals surface area (Å²) < 4.78 is 2.56. The predicted molar refractivity (Wildman–Crippen MR) is 81.6 cm³/mol. The van der Waals surface area contributed by atoms with Gasteiger partial charge >= 0.3 is 0 Å². The number of hydrogen-bond acceptors (Lipinski definition) is 1. The first-order valence-corrected chi connectivity index (χ1v) is 7.19. The van der Waals surface area contributed by atoms with Gasteiger partial charge in [-0.15, -0.1) is 13.2 Å². The van der Waals surface area contributed by atoms with E-state index in [1.54, 1.807) is 11.3 Å². The quantitative estimate of drug-likeness (QED) is 0.709. The highest BCUT2D eigenvalue weighted by Crippen LogP contribution is 2.38. The molecule has 1 aliphatic heterocycles. The van der Waals surface area contributed by atoms with Crippen molar-refractivity contribution in [2.45, 2.75) is 38.8 Å². The van der Waals surface area contributed by atoms with Gasteiger partial charge < -0.3 is 9.88 Å². The normalized spacial score (nSPS) is 20.6. The summed E-state index contributed by atoms with van der Waals surface area (Å²) >= 11 is 0. The Hall–Kier alpha value is -1.54. The lowest BCUT2D eigenvalue weighted by Crippen LogP contribution is -2.35. The smallest absolute Gasteiger partial charge is 0.0486 e. The molecule has 2 aliphatic rings. The van der Waals surface area contributed by atoms with E-state index in [0.29, 0.717) is 6.04 Å². The number of nitrogens with zero attached hydrogens (tertiary/aromatic N) is 1. The van der Waals surface area contributed by atoms with Gasteiger partial charge in [0.15, 0.2) is 0 Å². The number of aryl methyl sites for hydroxylation is 2. The van der Waals surface area contributed by atoms with Crippen LogP contribution in [0.25, 0.3) is 10.9 Å². The van der Waals surface area contributed by atoms with Crippen molar-refractivity contribution in [2.75, 3.05) is 6.54 Å². The molecule has 1 unspecified atom stereocenters. The van der Waals surface area contributed by atoms with E-state index in [4.69, 9.17) is 0 Å². The average molecular weight is 254 g/mol. The van der Waals surface area contributed by atoms with Gasteiger partial charge in [-0.05, 0) is 43.9 Å². The van der Waals surface area contributed by atoms with Gasteiger partial charge in [0.25, 0.3) is 0 Å². The third kappa shape index (κ3) is 1.82. The van der Waals surface area contributed by atoms with Crippen LogP contribution in [0.5, 0.6) is 0 Å². The van der Waals surface area contributed by atoms with E-state index in [0.717, 1.165) is 13.1 Å². The van der Waals surface area contributed by atoms with Crippen LogP contribution in [0.4, 0.5) is 0 Å². The third-order valence-electron chi connectivity index (χ3n) is 4.34. The highest BCUT2D eigenvalue weighted by atomic mass is 15.1. The van der Waals surface area contributed by atoms with E-state index in [9.17, 15) is 0 Å².